The van der Waals surface area contributed by atoms with Crippen LogP contribution >= 0.6 is 0 Å². The van der Waals surface area contributed by atoms with Gasteiger partial charge in [0.05, 0.1) is 0 Å². The third-order valence-electron chi connectivity index (χ3n) is 3.39. The maximum absolute atomic E-state index is 5.68. The first-order chi connectivity index (χ1) is 7.75. The lowest BCUT2D eigenvalue weighted by Crippen LogP contribution is -2.19. The van der Waals surface area contributed by atoms with E-state index in [9.17, 15) is 0 Å². The van der Waals surface area contributed by atoms with Crippen molar-refractivity contribution in [2.75, 3.05) is 18.8 Å². The second kappa shape index (κ2) is 5.35. The van der Waals surface area contributed by atoms with Crippen LogP contribution < -0.4 is 11.1 Å². The van der Waals surface area contributed by atoms with Gasteiger partial charge >= 0.3 is 0 Å². The van der Waals surface area contributed by atoms with Crippen molar-refractivity contribution >= 4 is 5.69 Å². The normalized spacial score (nSPS) is 17.3. The van der Waals surface area contributed by atoms with Crippen LogP contribution in [0.25, 0.3) is 0 Å². The molecule has 1 aliphatic carbocycles. The molecule has 88 valence electrons. The van der Waals surface area contributed by atoms with Gasteiger partial charge in [-0.3, -0.25) is 0 Å². The van der Waals surface area contributed by atoms with Gasteiger partial charge in [0.15, 0.2) is 0 Å². The predicted molar refractivity (Wildman–Crippen MR) is 69.5 cm³/mol. The van der Waals surface area contributed by atoms with Crippen LogP contribution in [0.5, 0.6) is 0 Å². The molecule has 2 nitrogen and oxygen atoms in total. The van der Waals surface area contributed by atoms with Gasteiger partial charge < -0.3 is 11.1 Å². The minimum absolute atomic E-state index is 0.618. The average molecular weight is 218 g/mol. The van der Waals surface area contributed by atoms with E-state index in [4.69, 9.17) is 5.73 Å². The van der Waals surface area contributed by atoms with Crippen LogP contribution in [-0.4, -0.2) is 13.1 Å². The van der Waals surface area contributed by atoms with E-state index in [2.05, 4.69) is 24.4 Å². The molecule has 3 N–H and O–H groups in total. The molecule has 0 aromatic heterocycles. The Kier molecular flexibility index (Phi) is 3.83. The molecule has 0 bridgehead atoms. The molecule has 1 aliphatic rings. The number of hydrogen-bond donors (Lipinski definition) is 2. The fourth-order valence-electron chi connectivity index (χ4n) is 1.94. The molecule has 16 heavy (non-hydrogen) atoms. The van der Waals surface area contributed by atoms with E-state index in [0.717, 1.165) is 18.2 Å². The molecule has 0 saturated heterocycles. The molecule has 0 radical (unpaired) electrons. The Morgan fingerprint density at radius 1 is 1.31 bits per heavy atom. The fourth-order valence-corrected chi connectivity index (χ4v) is 1.94. The molecule has 2 rings (SSSR count). The second-order valence-corrected chi connectivity index (χ2v) is 5.00. The lowest BCUT2D eigenvalue weighted by molar-refractivity contribution is 0.574. The minimum atomic E-state index is 0.618. The largest absolute Gasteiger partial charge is 0.399 e. The smallest absolute Gasteiger partial charge is 0.0314 e. The standard InChI is InChI=1S/C14H22N2/c1-11(8-9-16-10-12-2-3-12)13-4-6-14(15)7-5-13/h4-7,11-12,16H,2-3,8-10,15H2,1H3. The first-order valence-electron chi connectivity index (χ1n) is 6.32. The molecule has 2 heteroatoms. The number of nitrogen functional groups attached to an aromatic ring is 1. The highest BCUT2D eigenvalue weighted by Gasteiger charge is 2.20. The summed E-state index contributed by atoms with van der Waals surface area (Å²) in [5.41, 5.74) is 7.92. The van der Waals surface area contributed by atoms with Gasteiger partial charge in [0.1, 0.15) is 0 Å². The van der Waals surface area contributed by atoms with E-state index in [0.29, 0.717) is 5.92 Å². The van der Waals surface area contributed by atoms with Crippen LogP contribution in [0.15, 0.2) is 24.3 Å². The first-order valence-corrected chi connectivity index (χ1v) is 6.32. The summed E-state index contributed by atoms with van der Waals surface area (Å²) >= 11 is 0. The lowest BCUT2D eigenvalue weighted by atomic mass is 9.97. The number of rotatable bonds is 6. The minimum Gasteiger partial charge on any atom is -0.399 e. The molecule has 0 spiro atoms. The molecule has 0 aliphatic heterocycles. The molecule has 1 aromatic rings. The molecule has 1 saturated carbocycles. The predicted octanol–water partition coefficient (Wildman–Crippen LogP) is 2.76. The van der Waals surface area contributed by atoms with E-state index >= 15 is 0 Å². The third-order valence-corrected chi connectivity index (χ3v) is 3.39. The van der Waals surface area contributed by atoms with Gasteiger partial charge in [0.25, 0.3) is 0 Å². The van der Waals surface area contributed by atoms with Crippen molar-refractivity contribution in [3.8, 4) is 0 Å². The van der Waals surface area contributed by atoms with Gasteiger partial charge in [-0.2, -0.15) is 0 Å². The Morgan fingerprint density at radius 2 is 2.00 bits per heavy atom. The van der Waals surface area contributed by atoms with Gasteiger partial charge in [-0.1, -0.05) is 19.1 Å². The zero-order chi connectivity index (χ0) is 11.4. The van der Waals surface area contributed by atoms with Crippen molar-refractivity contribution in [1.29, 1.82) is 0 Å². The zero-order valence-corrected chi connectivity index (χ0v) is 10.1. The molecule has 1 fully saturated rings. The summed E-state index contributed by atoms with van der Waals surface area (Å²) in [6, 6.07) is 8.26. The van der Waals surface area contributed by atoms with E-state index in [-0.39, 0.29) is 0 Å². The van der Waals surface area contributed by atoms with Crippen molar-refractivity contribution in [3.63, 3.8) is 0 Å². The maximum Gasteiger partial charge on any atom is 0.0314 e. The molecule has 1 unspecified atom stereocenters. The molecule has 0 heterocycles. The monoisotopic (exact) mass is 218 g/mol. The van der Waals surface area contributed by atoms with Crippen molar-refractivity contribution in [2.45, 2.75) is 32.1 Å². The molecule has 1 atom stereocenters. The summed E-state index contributed by atoms with van der Waals surface area (Å²) in [5, 5.41) is 3.53. The Bertz CT molecular complexity index is 314. The third kappa shape index (κ3) is 3.53. The highest BCUT2D eigenvalue weighted by Crippen LogP contribution is 2.27. The summed E-state index contributed by atoms with van der Waals surface area (Å²) in [7, 11) is 0. The fraction of sp³-hybridized carbons (Fsp3) is 0.571. The average Bonchev–Trinajstić information content (AvgIpc) is 3.09. The van der Waals surface area contributed by atoms with Crippen LogP contribution in [-0.2, 0) is 0 Å². The molecule has 1 aromatic carbocycles. The zero-order valence-electron chi connectivity index (χ0n) is 10.1. The lowest BCUT2D eigenvalue weighted by Gasteiger charge is -2.12. The van der Waals surface area contributed by atoms with E-state index in [1.165, 1.54) is 31.4 Å². The van der Waals surface area contributed by atoms with E-state index in [1.54, 1.807) is 0 Å². The maximum atomic E-state index is 5.68. The summed E-state index contributed by atoms with van der Waals surface area (Å²) < 4.78 is 0. The van der Waals surface area contributed by atoms with Gasteiger partial charge in [-0.05, 0) is 61.9 Å². The topological polar surface area (TPSA) is 38.0 Å². The second-order valence-electron chi connectivity index (χ2n) is 5.00. The van der Waals surface area contributed by atoms with Crippen molar-refractivity contribution in [1.82, 2.24) is 5.32 Å². The number of hydrogen-bond acceptors (Lipinski definition) is 2. The van der Waals surface area contributed by atoms with E-state index in [1.807, 2.05) is 12.1 Å². The van der Waals surface area contributed by atoms with Gasteiger partial charge in [0.2, 0.25) is 0 Å². The highest BCUT2D eigenvalue weighted by atomic mass is 14.9. The number of benzene rings is 1. The highest BCUT2D eigenvalue weighted by molar-refractivity contribution is 5.40. The number of anilines is 1. The summed E-state index contributed by atoms with van der Waals surface area (Å²) in [4.78, 5) is 0. The SMILES string of the molecule is CC(CCNCC1CC1)c1ccc(N)cc1. The Hall–Kier alpha value is -1.02. The van der Waals surface area contributed by atoms with Gasteiger partial charge in [-0.15, -0.1) is 0 Å². The Balaban J connectivity index is 1.69. The van der Waals surface area contributed by atoms with Gasteiger partial charge in [0, 0.05) is 5.69 Å². The van der Waals surface area contributed by atoms with Crippen molar-refractivity contribution in [2.24, 2.45) is 5.92 Å². The summed E-state index contributed by atoms with van der Waals surface area (Å²) in [5.74, 6) is 1.60. The summed E-state index contributed by atoms with van der Waals surface area (Å²) in [6.07, 6.45) is 4.07. The number of nitrogens with two attached hydrogens (primary N) is 1. The van der Waals surface area contributed by atoms with E-state index < -0.39 is 0 Å². The van der Waals surface area contributed by atoms with Crippen molar-refractivity contribution < 1.29 is 0 Å². The molecule has 0 amide bonds. The van der Waals surface area contributed by atoms with Crippen LogP contribution in [0.4, 0.5) is 5.69 Å². The molecular weight excluding hydrogens is 196 g/mol. The first kappa shape index (κ1) is 11.5. The number of nitrogens with one attached hydrogen (secondary N) is 1. The quantitative estimate of drug-likeness (QED) is 0.569. The Labute approximate surface area is 98.2 Å². The van der Waals surface area contributed by atoms with Crippen LogP contribution in [0.1, 0.15) is 37.7 Å². The Morgan fingerprint density at radius 3 is 2.62 bits per heavy atom. The summed E-state index contributed by atoms with van der Waals surface area (Å²) in [6.45, 7) is 4.63. The van der Waals surface area contributed by atoms with Gasteiger partial charge in [-0.25, -0.2) is 0 Å². The van der Waals surface area contributed by atoms with Crippen LogP contribution in [0.3, 0.4) is 0 Å². The van der Waals surface area contributed by atoms with Crippen LogP contribution in [0.2, 0.25) is 0 Å². The molecular formula is C14H22N2. The van der Waals surface area contributed by atoms with Crippen LogP contribution in [0, 0.1) is 5.92 Å². The van der Waals surface area contributed by atoms with Crippen molar-refractivity contribution in [3.05, 3.63) is 29.8 Å².